The van der Waals surface area contributed by atoms with Crippen molar-refractivity contribution in [2.75, 3.05) is 19.8 Å². The average molecular weight is 307 g/mol. The lowest BCUT2D eigenvalue weighted by atomic mass is 10.1. The molecule has 1 aromatic heterocycles. The van der Waals surface area contributed by atoms with Gasteiger partial charge in [0.15, 0.2) is 0 Å². The van der Waals surface area contributed by atoms with Crippen molar-refractivity contribution in [2.24, 2.45) is 0 Å². The molecule has 0 aliphatic rings. The summed E-state index contributed by atoms with van der Waals surface area (Å²) in [6.07, 6.45) is 1.60. The van der Waals surface area contributed by atoms with Crippen LogP contribution in [0.25, 0.3) is 0 Å². The second-order valence-electron chi connectivity index (χ2n) is 4.94. The van der Waals surface area contributed by atoms with Gasteiger partial charge in [0.05, 0.1) is 0 Å². The van der Waals surface area contributed by atoms with Crippen LogP contribution in [0, 0.1) is 0 Å². The van der Waals surface area contributed by atoms with E-state index in [-0.39, 0.29) is 12.6 Å². The van der Waals surface area contributed by atoms with Crippen molar-refractivity contribution < 1.29 is 17.9 Å². The maximum atomic E-state index is 12.0. The molecule has 0 saturated heterocycles. The number of imidazole rings is 1. The molecule has 0 saturated carbocycles. The summed E-state index contributed by atoms with van der Waals surface area (Å²) < 4.78 is 42.8. The van der Waals surface area contributed by atoms with Crippen LogP contribution in [0.4, 0.5) is 13.2 Å². The molecule has 7 heteroatoms. The number of hydrogen-bond donors (Lipinski definition) is 1. The van der Waals surface area contributed by atoms with Crippen LogP contribution < -0.4 is 5.32 Å². The maximum Gasteiger partial charge on any atom is 0.411 e. The Hall–Kier alpha value is -1.08. The Morgan fingerprint density at radius 2 is 2.14 bits per heavy atom. The minimum atomic E-state index is -4.26. The molecule has 0 spiro atoms. The molecule has 1 N–H and O–H groups in total. The fourth-order valence-corrected chi connectivity index (χ4v) is 2.08. The minimum absolute atomic E-state index is 0.0749. The summed E-state index contributed by atoms with van der Waals surface area (Å²) in [4.78, 5) is 4.30. The fraction of sp³-hybridized carbons (Fsp3) is 0.786. The van der Waals surface area contributed by atoms with Gasteiger partial charge >= 0.3 is 6.18 Å². The lowest BCUT2D eigenvalue weighted by molar-refractivity contribution is -0.174. The third kappa shape index (κ3) is 7.47. The van der Waals surface area contributed by atoms with Crippen molar-refractivity contribution in [2.45, 2.75) is 51.9 Å². The number of ether oxygens (including phenoxy) is 1. The minimum Gasteiger partial charge on any atom is -0.372 e. The molecule has 0 fully saturated rings. The normalized spacial score (nSPS) is 13.6. The summed E-state index contributed by atoms with van der Waals surface area (Å²) in [6, 6.07) is 0.0749. The van der Waals surface area contributed by atoms with E-state index in [0.717, 1.165) is 25.3 Å². The van der Waals surface area contributed by atoms with Crippen LogP contribution in [-0.2, 0) is 17.7 Å². The van der Waals surface area contributed by atoms with E-state index >= 15 is 0 Å². The van der Waals surface area contributed by atoms with Gasteiger partial charge in [0.2, 0.25) is 0 Å². The number of halogens is 3. The first kappa shape index (κ1) is 18.0. The molecule has 1 aromatic rings. The predicted octanol–water partition coefficient (Wildman–Crippen LogP) is 2.78. The molecule has 0 amide bonds. The Bertz CT molecular complexity index is 393. The van der Waals surface area contributed by atoms with Gasteiger partial charge in [-0.2, -0.15) is 13.2 Å². The number of nitrogens with zero attached hydrogens (tertiary/aromatic N) is 2. The SMILES string of the molecule is CCCNC(CCOCC(F)(F)F)Cc1nccn1CC. The standard InChI is InChI=1S/C14H24F3N3O/c1-3-6-18-12(5-9-21-11-14(15,16)17)10-13-19-7-8-20(13)4-2/h7-8,12,18H,3-6,9-11H2,1-2H3. The third-order valence-electron chi connectivity index (χ3n) is 3.13. The molecule has 0 aliphatic carbocycles. The topological polar surface area (TPSA) is 39.1 Å². The number of nitrogens with one attached hydrogen (secondary N) is 1. The molecule has 0 bridgehead atoms. The highest BCUT2D eigenvalue weighted by Gasteiger charge is 2.27. The second-order valence-corrected chi connectivity index (χ2v) is 4.94. The highest BCUT2D eigenvalue weighted by molar-refractivity contribution is 4.95. The highest BCUT2D eigenvalue weighted by atomic mass is 19.4. The first-order chi connectivity index (χ1) is 9.96. The molecule has 1 unspecified atom stereocenters. The third-order valence-corrected chi connectivity index (χ3v) is 3.13. The Labute approximate surface area is 123 Å². The lowest BCUT2D eigenvalue weighted by Gasteiger charge is -2.19. The van der Waals surface area contributed by atoms with Gasteiger partial charge in [-0.1, -0.05) is 6.92 Å². The monoisotopic (exact) mass is 307 g/mol. The summed E-state index contributed by atoms with van der Waals surface area (Å²) in [6.45, 7) is 4.66. The molecular weight excluding hydrogens is 283 g/mol. The number of alkyl halides is 3. The van der Waals surface area contributed by atoms with Crippen LogP contribution >= 0.6 is 0 Å². The largest absolute Gasteiger partial charge is 0.411 e. The van der Waals surface area contributed by atoms with E-state index < -0.39 is 12.8 Å². The molecule has 122 valence electrons. The van der Waals surface area contributed by atoms with Crippen molar-refractivity contribution in [3.05, 3.63) is 18.2 Å². The van der Waals surface area contributed by atoms with Crippen LogP contribution in [0.15, 0.2) is 12.4 Å². The number of rotatable bonds is 10. The fourth-order valence-electron chi connectivity index (χ4n) is 2.08. The Morgan fingerprint density at radius 1 is 1.38 bits per heavy atom. The average Bonchev–Trinajstić information content (AvgIpc) is 2.86. The molecular formula is C14H24F3N3O. The van der Waals surface area contributed by atoms with E-state index in [9.17, 15) is 13.2 Å². The molecule has 0 aromatic carbocycles. The van der Waals surface area contributed by atoms with Crippen molar-refractivity contribution in [1.29, 1.82) is 0 Å². The molecule has 1 heterocycles. The van der Waals surface area contributed by atoms with Gasteiger partial charge in [-0.3, -0.25) is 0 Å². The molecule has 4 nitrogen and oxygen atoms in total. The van der Waals surface area contributed by atoms with Gasteiger partial charge in [-0.25, -0.2) is 4.98 Å². The van der Waals surface area contributed by atoms with E-state index in [2.05, 4.69) is 17.2 Å². The van der Waals surface area contributed by atoms with Gasteiger partial charge in [0.25, 0.3) is 0 Å². The molecule has 1 atom stereocenters. The summed E-state index contributed by atoms with van der Waals surface area (Å²) in [5.74, 6) is 0.946. The number of aryl methyl sites for hydroxylation is 1. The Morgan fingerprint density at radius 3 is 2.76 bits per heavy atom. The predicted molar refractivity (Wildman–Crippen MR) is 75.2 cm³/mol. The zero-order valence-corrected chi connectivity index (χ0v) is 12.6. The van der Waals surface area contributed by atoms with E-state index in [4.69, 9.17) is 4.74 Å². The Kier molecular flexibility index (Phi) is 7.74. The van der Waals surface area contributed by atoms with Gasteiger partial charge < -0.3 is 14.6 Å². The zero-order chi connectivity index (χ0) is 15.7. The molecule has 0 radical (unpaired) electrons. The first-order valence-electron chi connectivity index (χ1n) is 7.34. The first-order valence-corrected chi connectivity index (χ1v) is 7.34. The molecule has 0 aliphatic heterocycles. The molecule has 1 rings (SSSR count). The van der Waals surface area contributed by atoms with E-state index in [1.54, 1.807) is 6.20 Å². The zero-order valence-electron chi connectivity index (χ0n) is 12.6. The van der Waals surface area contributed by atoms with Gasteiger partial charge in [-0.05, 0) is 26.3 Å². The quantitative estimate of drug-likeness (QED) is 0.676. The van der Waals surface area contributed by atoms with Crippen molar-refractivity contribution >= 4 is 0 Å². The Balaban J connectivity index is 2.44. The van der Waals surface area contributed by atoms with Crippen LogP contribution in [0.5, 0.6) is 0 Å². The van der Waals surface area contributed by atoms with Crippen molar-refractivity contribution in [1.82, 2.24) is 14.9 Å². The summed E-state index contributed by atoms with van der Waals surface area (Å²) in [7, 11) is 0. The van der Waals surface area contributed by atoms with Crippen molar-refractivity contribution in [3.8, 4) is 0 Å². The highest BCUT2D eigenvalue weighted by Crippen LogP contribution is 2.15. The van der Waals surface area contributed by atoms with Crippen LogP contribution in [0.3, 0.4) is 0 Å². The second kappa shape index (κ2) is 9.04. The summed E-state index contributed by atoms with van der Waals surface area (Å²) in [5, 5.41) is 3.34. The van der Waals surface area contributed by atoms with Gasteiger partial charge in [0.1, 0.15) is 12.4 Å². The van der Waals surface area contributed by atoms with E-state index in [1.807, 2.05) is 17.7 Å². The smallest absolute Gasteiger partial charge is 0.372 e. The van der Waals surface area contributed by atoms with Gasteiger partial charge in [0, 0.05) is 38.0 Å². The molecule has 21 heavy (non-hydrogen) atoms. The number of hydrogen-bond acceptors (Lipinski definition) is 3. The van der Waals surface area contributed by atoms with Crippen molar-refractivity contribution in [3.63, 3.8) is 0 Å². The van der Waals surface area contributed by atoms with Crippen LogP contribution in [-0.4, -0.2) is 41.5 Å². The van der Waals surface area contributed by atoms with Crippen LogP contribution in [0.1, 0.15) is 32.5 Å². The van der Waals surface area contributed by atoms with E-state index in [1.165, 1.54) is 0 Å². The lowest BCUT2D eigenvalue weighted by Crippen LogP contribution is -2.34. The summed E-state index contributed by atoms with van der Waals surface area (Å²) >= 11 is 0. The maximum absolute atomic E-state index is 12.0. The van der Waals surface area contributed by atoms with E-state index in [0.29, 0.717) is 12.8 Å². The van der Waals surface area contributed by atoms with Crippen LogP contribution in [0.2, 0.25) is 0 Å². The number of aromatic nitrogens is 2. The summed E-state index contributed by atoms with van der Waals surface area (Å²) in [5.41, 5.74) is 0. The van der Waals surface area contributed by atoms with Gasteiger partial charge in [-0.15, -0.1) is 0 Å².